The van der Waals surface area contributed by atoms with Crippen LogP contribution in [-0.2, 0) is 0 Å². The lowest BCUT2D eigenvalue weighted by Gasteiger charge is -2.19. The van der Waals surface area contributed by atoms with E-state index in [4.69, 9.17) is 5.73 Å². The number of hydrogen-bond acceptors (Lipinski definition) is 5. The first-order valence-corrected chi connectivity index (χ1v) is 7.07. The first kappa shape index (κ1) is 17.1. The second-order valence-electron chi connectivity index (χ2n) is 5.70. The summed E-state index contributed by atoms with van der Waals surface area (Å²) in [6.07, 6.45) is 0. The van der Waals surface area contributed by atoms with E-state index in [-0.39, 0.29) is 18.3 Å². The van der Waals surface area contributed by atoms with Crippen molar-refractivity contribution in [3.05, 3.63) is 35.4 Å². The molecule has 3 rings (SSSR count). The number of nitrogens with two attached hydrogens (primary N) is 1. The molecular weight excluding hydrogens is 316 g/mol. The predicted octanol–water partition coefficient (Wildman–Crippen LogP) is 1.70. The smallest absolute Gasteiger partial charge is 0.258 e. The van der Waals surface area contributed by atoms with Crippen LogP contribution in [0.5, 0.6) is 0 Å². The van der Waals surface area contributed by atoms with Crippen LogP contribution >= 0.6 is 12.4 Å². The SMILES string of the molecule is CN(C)CCNc1cc2c3c(cc(N)cc3c1)C(=O)NC2=O.Cl. The molecule has 2 aromatic carbocycles. The zero-order chi connectivity index (χ0) is 15.9. The summed E-state index contributed by atoms with van der Waals surface area (Å²) in [6, 6.07) is 7.08. The monoisotopic (exact) mass is 334 g/mol. The molecule has 122 valence electrons. The maximum Gasteiger partial charge on any atom is 0.258 e. The third-order valence-electron chi connectivity index (χ3n) is 3.68. The van der Waals surface area contributed by atoms with Gasteiger partial charge in [-0.25, -0.2) is 0 Å². The van der Waals surface area contributed by atoms with Crippen LogP contribution in [0.3, 0.4) is 0 Å². The molecule has 7 heteroatoms. The number of carbonyl (C=O) groups is 2. The Hall–Kier alpha value is -2.31. The molecule has 0 unspecified atom stereocenters. The summed E-state index contributed by atoms with van der Waals surface area (Å²) in [7, 11) is 4.00. The first-order valence-electron chi connectivity index (χ1n) is 7.07. The number of halogens is 1. The van der Waals surface area contributed by atoms with E-state index in [1.165, 1.54) is 0 Å². The van der Waals surface area contributed by atoms with Crippen LogP contribution in [-0.4, -0.2) is 43.9 Å². The van der Waals surface area contributed by atoms with Crippen LogP contribution in [0.2, 0.25) is 0 Å². The summed E-state index contributed by atoms with van der Waals surface area (Å²) in [5.41, 5.74) is 8.16. The second kappa shape index (κ2) is 6.44. The first-order chi connectivity index (χ1) is 10.5. The number of rotatable bonds is 4. The minimum atomic E-state index is -0.400. The van der Waals surface area contributed by atoms with E-state index < -0.39 is 5.91 Å². The van der Waals surface area contributed by atoms with Gasteiger partial charge >= 0.3 is 0 Å². The van der Waals surface area contributed by atoms with E-state index in [2.05, 4.69) is 15.5 Å². The van der Waals surface area contributed by atoms with Gasteiger partial charge in [0.15, 0.2) is 0 Å². The average molecular weight is 335 g/mol. The van der Waals surface area contributed by atoms with Crippen LogP contribution in [0.4, 0.5) is 11.4 Å². The molecule has 0 bridgehead atoms. The Morgan fingerprint density at radius 3 is 2.39 bits per heavy atom. The van der Waals surface area contributed by atoms with Crippen LogP contribution in [0.1, 0.15) is 20.7 Å². The molecule has 0 radical (unpaired) electrons. The Labute approximate surface area is 140 Å². The molecule has 0 aliphatic carbocycles. The highest BCUT2D eigenvalue weighted by atomic mass is 35.5. The maximum absolute atomic E-state index is 12.1. The molecule has 2 amide bonds. The van der Waals surface area contributed by atoms with Gasteiger partial charge in [0.1, 0.15) is 0 Å². The molecule has 0 saturated carbocycles. The fourth-order valence-corrected chi connectivity index (χ4v) is 2.66. The van der Waals surface area contributed by atoms with Gasteiger partial charge in [-0.15, -0.1) is 12.4 Å². The Kier molecular flexibility index (Phi) is 4.77. The fourth-order valence-electron chi connectivity index (χ4n) is 2.66. The Bertz CT molecular complexity index is 789. The number of nitrogens with zero attached hydrogens (tertiary/aromatic N) is 1. The van der Waals surface area contributed by atoms with Crippen molar-refractivity contribution in [1.29, 1.82) is 0 Å². The summed E-state index contributed by atoms with van der Waals surface area (Å²) in [4.78, 5) is 26.1. The molecule has 23 heavy (non-hydrogen) atoms. The van der Waals surface area contributed by atoms with E-state index in [9.17, 15) is 9.59 Å². The molecule has 1 aliphatic rings. The number of nitrogen functional groups attached to an aromatic ring is 1. The third kappa shape index (κ3) is 3.23. The Morgan fingerprint density at radius 2 is 1.74 bits per heavy atom. The largest absolute Gasteiger partial charge is 0.399 e. The molecule has 2 aromatic rings. The topological polar surface area (TPSA) is 87.5 Å². The van der Waals surface area contributed by atoms with Crippen LogP contribution < -0.4 is 16.4 Å². The summed E-state index contributed by atoms with van der Waals surface area (Å²) in [5, 5.41) is 7.11. The summed E-state index contributed by atoms with van der Waals surface area (Å²) in [6.45, 7) is 1.63. The van der Waals surface area contributed by atoms with Crippen molar-refractivity contribution in [3.8, 4) is 0 Å². The van der Waals surface area contributed by atoms with Crippen molar-refractivity contribution < 1.29 is 9.59 Å². The molecule has 0 aromatic heterocycles. The lowest BCUT2D eigenvalue weighted by molar-refractivity contribution is 0.0845. The van der Waals surface area contributed by atoms with Gasteiger partial charge in [0, 0.05) is 29.9 Å². The van der Waals surface area contributed by atoms with Crippen molar-refractivity contribution in [3.63, 3.8) is 0 Å². The molecule has 4 N–H and O–H groups in total. The van der Waals surface area contributed by atoms with Crippen LogP contribution in [0.25, 0.3) is 10.8 Å². The lowest BCUT2D eigenvalue weighted by atomic mass is 9.94. The van der Waals surface area contributed by atoms with Gasteiger partial charge in [0.25, 0.3) is 11.8 Å². The minimum Gasteiger partial charge on any atom is -0.399 e. The number of nitrogens with one attached hydrogen (secondary N) is 2. The number of benzene rings is 2. The van der Waals surface area contributed by atoms with E-state index in [1.807, 2.05) is 20.2 Å². The number of imide groups is 1. The van der Waals surface area contributed by atoms with Crippen molar-refractivity contribution >= 4 is 46.4 Å². The van der Waals surface area contributed by atoms with Gasteiger partial charge in [-0.05, 0) is 43.7 Å². The zero-order valence-electron chi connectivity index (χ0n) is 13.0. The quantitative estimate of drug-likeness (QED) is 0.585. The van der Waals surface area contributed by atoms with E-state index in [0.29, 0.717) is 22.2 Å². The highest BCUT2D eigenvalue weighted by Gasteiger charge is 2.25. The number of likely N-dealkylation sites (N-methyl/N-ethyl adjacent to an activating group) is 1. The zero-order valence-corrected chi connectivity index (χ0v) is 13.8. The fraction of sp³-hybridized carbons (Fsp3) is 0.250. The minimum absolute atomic E-state index is 0. The van der Waals surface area contributed by atoms with E-state index in [1.54, 1.807) is 18.2 Å². The molecule has 0 spiro atoms. The van der Waals surface area contributed by atoms with Gasteiger partial charge in [-0.3, -0.25) is 14.9 Å². The molecule has 0 fully saturated rings. The van der Waals surface area contributed by atoms with Gasteiger partial charge in [-0.1, -0.05) is 0 Å². The molecule has 1 aliphatic heterocycles. The normalized spacial score (nSPS) is 13.0. The van der Waals surface area contributed by atoms with E-state index in [0.717, 1.165) is 24.2 Å². The van der Waals surface area contributed by atoms with Crippen molar-refractivity contribution in [2.75, 3.05) is 38.2 Å². The highest BCUT2D eigenvalue weighted by molar-refractivity contribution is 6.26. The summed E-state index contributed by atoms with van der Waals surface area (Å²) < 4.78 is 0. The molecule has 0 saturated heterocycles. The molecule has 1 heterocycles. The number of hydrogen-bond donors (Lipinski definition) is 3. The number of carbonyl (C=O) groups excluding carboxylic acids is 2. The predicted molar refractivity (Wildman–Crippen MR) is 94.4 cm³/mol. The Morgan fingerprint density at radius 1 is 1.09 bits per heavy atom. The van der Waals surface area contributed by atoms with Crippen LogP contribution in [0, 0.1) is 0 Å². The second-order valence-corrected chi connectivity index (χ2v) is 5.70. The number of amides is 2. The molecule has 0 atom stereocenters. The maximum atomic E-state index is 12.1. The summed E-state index contributed by atoms with van der Waals surface area (Å²) >= 11 is 0. The van der Waals surface area contributed by atoms with E-state index >= 15 is 0 Å². The van der Waals surface area contributed by atoms with Crippen molar-refractivity contribution in [2.45, 2.75) is 0 Å². The Balaban J connectivity index is 0.00000192. The standard InChI is InChI=1S/C16H18N4O2.ClH/c1-20(2)4-3-18-11-6-9-5-10(17)7-12-14(9)13(8-11)16(22)19-15(12)21;/h5-8,18H,3-4,17H2,1-2H3,(H,19,21,22);1H. The molecular formula is C16H19ClN4O2. The van der Waals surface area contributed by atoms with Gasteiger partial charge in [0.05, 0.1) is 11.1 Å². The van der Waals surface area contributed by atoms with Gasteiger partial charge < -0.3 is 16.0 Å². The number of anilines is 2. The van der Waals surface area contributed by atoms with Crippen LogP contribution in [0.15, 0.2) is 24.3 Å². The van der Waals surface area contributed by atoms with Crippen molar-refractivity contribution in [1.82, 2.24) is 10.2 Å². The van der Waals surface area contributed by atoms with Crippen molar-refractivity contribution in [2.24, 2.45) is 0 Å². The molecule has 6 nitrogen and oxygen atoms in total. The van der Waals surface area contributed by atoms with Gasteiger partial charge in [-0.2, -0.15) is 0 Å². The lowest BCUT2D eigenvalue weighted by Crippen LogP contribution is -2.34. The highest BCUT2D eigenvalue weighted by Crippen LogP contribution is 2.31. The van der Waals surface area contributed by atoms with Gasteiger partial charge in [0.2, 0.25) is 0 Å². The summed E-state index contributed by atoms with van der Waals surface area (Å²) in [5.74, 6) is -0.772. The average Bonchev–Trinajstić information content (AvgIpc) is 2.43. The third-order valence-corrected chi connectivity index (χ3v) is 3.68.